The van der Waals surface area contributed by atoms with Gasteiger partial charge in [-0.2, -0.15) is 0 Å². The van der Waals surface area contributed by atoms with Gasteiger partial charge in [0.05, 0.1) is 5.56 Å². The third kappa shape index (κ3) is 5.62. The summed E-state index contributed by atoms with van der Waals surface area (Å²) in [4.78, 5) is 37.0. The molecule has 5 N–H and O–H groups in total. The lowest BCUT2D eigenvalue weighted by molar-refractivity contribution is -0.135. The number of aliphatic carboxylic acids is 1. The molecule has 28 heavy (non-hydrogen) atoms. The first-order chi connectivity index (χ1) is 13.3. The fourth-order valence-electron chi connectivity index (χ4n) is 1.94. The summed E-state index contributed by atoms with van der Waals surface area (Å²) < 4.78 is 5.38. The fraction of sp³-hybridized carbons (Fsp3) is 0.111. The molecule has 0 bridgehead atoms. The normalized spacial score (nSPS) is 9.75. The number of halogens is 1. The van der Waals surface area contributed by atoms with Gasteiger partial charge >= 0.3 is 5.97 Å². The topological polar surface area (TPSA) is 152 Å². The molecule has 0 fully saturated rings. The van der Waals surface area contributed by atoms with Crippen LogP contribution in [-0.4, -0.2) is 46.1 Å². The summed E-state index contributed by atoms with van der Waals surface area (Å²) in [6, 6.07) is 7.29. The van der Waals surface area contributed by atoms with Crippen LogP contribution in [0, 0.1) is 11.8 Å². The summed E-state index contributed by atoms with van der Waals surface area (Å²) in [5.74, 6) is 2.60. The summed E-state index contributed by atoms with van der Waals surface area (Å²) in [6.45, 7) is -0.648. The Labute approximate surface area is 164 Å². The third-order valence-corrected chi connectivity index (χ3v) is 3.53. The van der Waals surface area contributed by atoms with Gasteiger partial charge in [0.2, 0.25) is 5.91 Å². The van der Waals surface area contributed by atoms with Crippen molar-refractivity contribution in [3.63, 3.8) is 0 Å². The van der Waals surface area contributed by atoms with Crippen LogP contribution < -0.4 is 15.8 Å². The van der Waals surface area contributed by atoms with Gasteiger partial charge in [0.25, 0.3) is 5.91 Å². The van der Waals surface area contributed by atoms with E-state index in [2.05, 4.69) is 22.1 Å². The zero-order chi connectivity index (χ0) is 20.7. The number of primary amides is 1. The first kappa shape index (κ1) is 20.5. The number of benzene rings is 1. The fourth-order valence-corrected chi connectivity index (χ4v) is 2.13. The first-order valence-electron chi connectivity index (χ1n) is 7.69. The van der Waals surface area contributed by atoms with E-state index in [9.17, 15) is 19.5 Å². The second kappa shape index (κ2) is 9.25. The number of nitrogens with one attached hydrogen (secondary N) is 1. The minimum atomic E-state index is -1.24. The van der Waals surface area contributed by atoms with Crippen molar-refractivity contribution < 1.29 is 29.3 Å². The third-order valence-electron chi connectivity index (χ3n) is 3.24. The number of carboxylic acid groups (broad SMARTS) is 1. The lowest BCUT2D eigenvalue weighted by Crippen LogP contribution is -2.30. The Hall–Kier alpha value is -3.77. The smallest absolute Gasteiger partial charge is 0.322 e. The molecule has 0 aliphatic heterocycles. The molecule has 0 spiro atoms. The molecule has 0 aliphatic carbocycles. The molecule has 0 atom stereocenters. The number of aromatic nitrogens is 1. The highest BCUT2D eigenvalue weighted by Crippen LogP contribution is 2.22. The molecule has 2 amide bonds. The van der Waals surface area contributed by atoms with E-state index in [0.29, 0.717) is 11.3 Å². The maximum Gasteiger partial charge on any atom is 0.322 e. The van der Waals surface area contributed by atoms with Gasteiger partial charge in [-0.15, -0.1) is 0 Å². The van der Waals surface area contributed by atoms with Gasteiger partial charge in [-0.05, 0) is 24.3 Å². The standard InChI is InChI=1S/C18H14ClN3O6/c19-16-11(8-13(23)15(22-16)18(27)21-9-14(24)25)2-1-7-28-12-5-3-10(4-6-12)17(20)26/h3-6,8,23H,7,9H2,(H2,20,26)(H,21,27)(H,24,25). The van der Waals surface area contributed by atoms with Gasteiger partial charge in [-0.1, -0.05) is 23.4 Å². The number of hydrogen-bond acceptors (Lipinski definition) is 6. The summed E-state index contributed by atoms with van der Waals surface area (Å²) in [7, 11) is 0. The van der Waals surface area contributed by atoms with Crippen molar-refractivity contribution >= 4 is 29.4 Å². The number of aromatic hydroxyl groups is 1. The van der Waals surface area contributed by atoms with E-state index >= 15 is 0 Å². The highest BCUT2D eigenvalue weighted by atomic mass is 35.5. The van der Waals surface area contributed by atoms with Crippen molar-refractivity contribution in [3.8, 4) is 23.3 Å². The molecular formula is C18H14ClN3O6. The molecule has 0 saturated carbocycles. The second-order valence-corrected chi connectivity index (χ2v) is 5.61. The van der Waals surface area contributed by atoms with Crippen LogP contribution in [-0.2, 0) is 4.79 Å². The minimum absolute atomic E-state index is 0.0200. The van der Waals surface area contributed by atoms with E-state index in [1.54, 1.807) is 12.1 Å². The molecule has 2 aromatic rings. The summed E-state index contributed by atoms with van der Waals surface area (Å²) in [5.41, 5.74) is 5.23. The van der Waals surface area contributed by atoms with Crippen LogP contribution in [0.25, 0.3) is 0 Å². The van der Waals surface area contributed by atoms with E-state index in [4.69, 9.17) is 27.2 Å². The average molecular weight is 404 g/mol. The lowest BCUT2D eigenvalue weighted by Gasteiger charge is -2.06. The van der Waals surface area contributed by atoms with Crippen molar-refractivity contribution in [1.29, 1.82) is 0 Å². The Balaban J connectivity index is 2.03. The molecule has 144 valence electrons. The molecule has 1 aromatic carbocycles. The number of carbonyl (C=O) groups is 3. The molecule has 1 aromatic heterocycles. The Morgan fingerprint density at radius 3 is 2.54 bits per heavy atom. The van der Waals surface area contributed by atoms with Gasteiger partial charge in [0.1, 0.15) is 29.8 Å². The van der Waals surface area contributed by atoms with Gasteiger partial charge in [-0.25, -0.2) is 4.98 Å². The molecular weight excluding hydrogens is 390 g/mol. The number of carboxylic acids is 1. The number of ether oxygens (including phenoxy) is 1. The molecule has 0 radical (unpaired) electrons. The summed E-state index contributed by atoms with van der Waals surface area (Å²) in [5, 5.41) is 20.4. The molecule has 0 unspecified atom stereocenters. The van der Waals surface area contributed by atoms with Gasteiger partial charge in [0.15, 0.2) is 5.69 Å². The van der Waals surface area contributed by atoms with Gasteiger partial charge in [-0.3, -0.25) is 14.4 Å². The van der Waals surface area contributed by atoms with Gasteiger partial charge in [0, 0.05) is 11.6 Å². The number of hydrogen-bond donors (Lipinski definition) is 4. The number of rotatable bonds is 6. The Kier molecular flexibility index (Phi) is 6.79. The number of nitrogens with zero attached hydrogens (tertiary/aromatic N) is 1. The minimum Gasteiger partial charge on any atom is -0.505 e. The largest absolute Gasteiger partial charge is 0.505 e. The Morgan fingerprint density at radius 2 is 1.93 bits per heavy atom. The zero-order valence-corrected chi connectivity index (χ0v) is 15.0. The van der Waals surface area contributed by atoms with E-state index in [0.717, 1.165) is 6.07 Å². The summed E-state index contributed by atoms with van der Waals surface area (Å²) >= 11 is 5.95. The molecule has 2 rings (SSSR count). The summed E-state index contributed by atoms with van der Waals surface area (Å²) in [6.07, 6.45) is 0. The molecule has 0 saturated heterocycles. The predicted molar refractivity (Wildman–Crippen MR) is 98.2 cm³/mol. The number of amides is 2. The van der Waals surface area contributed by atoms with Crippen LogP contribution in [0.1, 0.15) is 26.4 Å². The molecule has 9 nitrogen and oxygen atoms in total. The van der Waals surface area contributed by atoms with Crippen LogP contribution in [0.3, 0.4) is 0 Å². The lowest BCUT2D eigenvalue weighted by atomic mass is 10.2. The monoisotopic (exact) mass is 403 g/mol. The van der Waals surface area contributed by atoms with Crippen molar-refractivity contribution in [2.24, 2.45) is 5.73 Å². The van der Waals surface area contributed by atoms with Crippen LogP contribution in [0.5, 0.6) is 11.5 Å². The number of carbonyl (C=O) groups excluding carboxylic acids is 2. The van der Waals surface area contributed by atoms with Crippen LogP contribution in [0.15, 0.2) is 30.3 Å². The first-order valence-corrected chi connectivity index (χ1v) is 8.06. The Morgan fingerprint density at radius 1 is 1.25 bits per heavy atom. The predicted octanol–water partition coefficient (Wildman–Crippen LogP) is 0.784. The number of nitrogens with two attached hydrogens (primary N) is 1. The Bertz CT molecular complexity index is 979. The maximum atomic E-state index is 11.8. The van der Waals surface area contributed by atoms with Crippen molar-refractivity contribution in [1.82, 2.24) is 10.3 Å². The van der Waals surface area contributed by atoms with Crippen LogP contribution in [0.4, 0.5) is 0 Å². The van der Waals surface area contributed by atoms with E-state index < -0.39 is 35.8 Å². The highest BCUT2D eigenvalue weighted by molar-refractivity contribution is 6.30. The molecule has 1 heterocycles. The second-order valence-electron chi connectivity index (χ2n) is 5.25. The van der Waals surface area contributed by atoms with Crippen molar-refractivity contribution in [2.75, 3.05) is 13.2 Å². The van der Waals surface area contributed by atoms with Crippen LogP contribution in [0.2, 0.25) is 5.15 Å². The average Bonchev–Trinajstić information content (AvgIpc) is 2.65. The van der Waals surface area contributed by atoms with Gasteiger partial charge < -0.3 is 26.0 Å². The zero-order valence-electron chi connectivity index (χ0n) is 14.2. The van der Waals surface area contributed by atoms with E-state index in [1.807, 2.05) is 0 Å². The van der Waals surface area contributed by atoms with Crippen molar-refractivity contribution in [2.45, 2.75) is 0 Å². The number of pyridine rings is 1. The van der Waals surface area contributed by atoms with Crippen LogP contribution >= 0.6 is 11.6 Å². The van der Waals surface area contributed by atoms with E-state index in [1.165, 1.54) is 12.1 Å². The quantitative estimate of drug-likeness (QED) is 0.411. The van der Waals surface area contributed by atoms with E-state index in [-0.39, 0.29) is 17.3 Å². The molecule has 10 heteroatoms. The maximum absolute atomic E-state index is 11.8. The highest BCUT2D eigenvalue weighted by Gasteiger charge is 2.16. The SMILES string of the molecule is NC(=O)c1ccc(OCC#Cc2cc(O)c(C(=O)NCC(=O)O)nc2Cl)cc1. The van der Waals surface area contributed by atoms with Crippen molar-refractivity contribution in [3.05, 3.63) is 52.3 Å². The molecule has 0 aliphatic rings.